The first kappa shape index (κ1) is 36.4. The van der Waals surface area contributed by atoms with Crippen LogP contribution in [0.4, 0.5) is 0 Å². The molecule has 4 heterocycles. The van der Waals surface area contributed by atoms with Crippen molar-refractivity contribution in [3.05, 3.63) is 205 Å². The lowest BCUT2D eigenvalue weighted by Crippen LogP contribution is -2.25. The third-order valence-electron chi connectivity index (χ3n) is 12.9. The fourth-order valence-corrected chi connectivity index (χ4v) is 12.7. The number of ether oxygens (including phenoxy) is 1. The van der Waals surface area contributed by atoms with Crippen LogP contribution >= 0.6 is 23.1 Å². The first-order valence-electron chi connectivity index (χ1n) is 21.3. The highest BCUT2D eigenvalue weighted by molar-refractivity contribution is 8.14. The second kappa shape index (κ2) is 14.4. The number of thiophene rings is 1. The first-order chi connectivity index (χ1) is 31.2. The number of aromatic nitrogens is 1. The van der Waals surface area contributed by atoms with Crippen molar-refractivity contribution in [2.24, 2.45) is 9.98 Å². The highest BCUT2D eigenvalue weighted by Gasteiger charge is 2.42. The quantitative estimate of drug-likeness (QED) is 0.167. The van der Waals surface area contributed by atoms with Gasteiger partial charge in [0, 0.05) is 36.7 Å². The van der Waals surface area contributed by atoms with Crippen LogP contribution in [-0.2, 0) is 0 Å². The number of rotatable bonds is 6. The zero-order chi connectivity index (χ0) is 41.6. The maximum atomic E-state index is 6.52. The molecule has 2 aliphatic heterocycles. The molecule has 11 aromatic rings. The summed E-state index contributed by atoms with van der Waals surface area (Å²) in [5, 5.41) is 8.63. The summed E-state index contributed by atoms with van der Waals surface area (Å²) in [5.74, 6) is 1.34. The van der Waals surface area contributed by atoms with Gasteiger partial charge in [0.2, 0.25) is 0 Å². The van der Waals surface area contributed by atoms with Gasteiger partial charge in [-0.25, -0.2) is 9.98 Å². The summed E-state index contributed by atoms with van der Waals surface area (Å²) in [4.78, 5) is 12.7. The molecular weight excluding hydrogens is 807 g/mol. The van der Waals surface area contributed by atoms with Crippen molar-refractivity contribution >= 4 is 86.7 Å². The third kappa shape index (κ3) is 5.55. The summed E-state index contributed by atoms with van der Waals surface area (Å²) in [7, 11) is 1.78. The molecule has 298 valence electrons. The Labute approximate surface area is 372 Å². The fraction of sp³-hybridized carbons (Fsp3) is 0.0526. The van der Waals surface area contributed by atoms with E-state index in [9.17, 15) is 0 Å². The van der Waals surface area contributed by atoms with E-state index in [1.807, 2.05) is 11.3 Å². The van der Waals surface area contributed by atoms with Gasteiger partial charge in [0.1, 0.15) is 11.9 Å². The highest BCUT2D eigenvalue weighted by Crippen LogP contribution is 2.55. The number of hydrogen-bond acceptors (Lipinski definition) is 5. The minimum Gasteiger partial charge on any atom is -0.495 e. The Hall–Kier alpha value is -7.25. The molecule has 63 heavy (non-hydrogen) atoms. The Morgan fingerprint density at radius 2 is 1.17 bits per heavy atom. The number of fused-ring (bicyclic) bond motifs is 13. The number of nitrogens with zero attached hydrogens (tertiary/aromatic N) is 3. The summed E-state index contributed by atoms with van der Waals surface area (Å²) >= 11 is 3.66. The minimum absolute atomic E-state index is 0.0957. The molecule has 0 amide bonds. The van der Waals surface area contributed by atoms with Crippen LogP contribution in [0.3, 0.4) is 0 Å². The number of aliphatic imine (C=N–C) groups is 2. The third-order valence-corrected chi connectivity index (χ3v) is 15.2. The van der Waals surface area contributed by atoms with Crippen molar-refractivity contribution in [2.45, 2.75) is 17.0 Å². The molecule has 0 saturated carbocycles. The lowest BCUT2D eigenvalue weighted by atomic mass is 9.90. The number of benzene rings is 9. The van der Waals surface area contributed by atoms with Crippen molar-refractivity contribution in [1.82, 2.24) is 4.57 Å². The van der Waals surface area contributed by atoms with Gasteiger partial charge in [0.25, 0.3) is 0 Å². The van der Waals surface area contributed by atoms with E-state index in [0.717, 1.165) is 44.1 Å². The summed E-state index contributed by atoms with van der Waals surface area (Å²) in [6.07, 6.45) is -0.362. The van der Waals surface area contributed by atoms with E-state index in [0.29, 0.717) is 5.84 Å². The maximum Gasteiger partial charge on any atom is 0.161 e. The predicted molar refractivity (Wildman–Crippen MR) is 267 cm³/mol. The normalized spacial score (nSPS) is 15.8. The average molecular weight is 844 g/mol. The molecule has 0 N–H and O–H groups in total. The van der Waals surface area contributed by atoms with Crippen molar-refractivity contribution in [3.63, 3.8) is 0 Å². The van der Waals surface area contributed by atoms with Gasteiger partial charge in [-0.1, -0.05) is 176 Å². The number of amidine groups is 1. The predicted octanol–water partition coefficient (Wildman–Crippen LogP) is 15.6. The second-order valence-electron chi connectivity index (χ2n) is 16.3. The monoisotopic (exact) mass is 843 g/mol. The summed E-state index contributed by atoms with van der Waals surface area (Å²) < 4.78 is 11.7. The van der Waals surface area contributed by atoms with Crippen LogP contribution in [0, 0.1) is 0 Å². The van der Waals surface area contributed by atoms with Gasteiger partial charge < -0.3 is 9.30 Å². The van der Waals surface area contributed by atoms with Crippen LogP contribution in [0.2, 0.25) is 0 Å². The van der Waals surface area contributed by atoms with E-state index in [2.05, 4.69) is 199 Å². The lowest BCUT2D eigenvalue weighted by Gasteiger charge is -2.29. The Bertz CT molecular complexity index is 3700. The molecule has 6 heteroatoms. The van der Waals surface area contributed by atoms with Crippen LogP contribution in [0.15, 0.2) is 209 Å². The number of methoxy groups -OCH3 is 1. The molecule has 13 rings (SSSR count). The molecule has 0 bridgehead atoms. The van der Waals surface area contributed by atoms with E-state index < -0.39 is 0 Å². The molecule has 0 saturated heterocycles. The van der Waals surface area contributed by atoms with Gasteiger partial charge in [-0.15, -0.1) is 11.3 Å². The van der Waals surface area contributed by atoms with E-state index in [4.69, 9.17) is 14.7 Å². The SMILES string of the molecule is COc1c(C2=NC(n3c4ccc(-c5ccccc5)cc4c4c5ccccc5c5c6ccccc6sc5c43)C3C(=N2)Sc2ccccc23)ccc(-c2ccccc2)c1-c1ccccc1. The van der Waals surface area contributed by atoms with Crippen LogP contribution in [0.1, 0.15) is 23.2 Å². The summed E-state index contributed by atoms with van der Waals surface area (Å²) in [6.45, 7) is 0. The van der Waals surface area contributed by atoms with Crippen molar-refractivity contribution in [2.75, 3.05) is 7.11 Å². The molecule has 0 radical (unpaired) electrons. The molecule has 2 aromatic heterocycles. The zero-order valence-corrected chi connectivity index (χ0v) is 35.8. The highest BCUT2D eigenvalue weighted by atomic mass is 32.2. The second-order valence-corrected chi connectivity index (χ2v) is 18.4. The van der Waals surface area contributed by atoms with E-state index in [1.165, 1.54) is 68.8 Å². The van der Waals surface area contributed by atoms with Crippen molar-refractivity contribution in [1.29, 1.82) is 0 Å². The minimum atomic E-state index is -0.362. The van der Waals surface area contributed by atoms with Crippen LogP contribution < -0.4 is 4.74 Å². The Kier molecular flexibility index (Phi) is 8.33. The Balaban J connectivity index is 1.15. The molecule has 0 spiro atoms. The molecule has 9 aromatic carbocycles. The van der Waals surface area contributed by atoms with Crippen molar-refractivity contribution < 1.29 is 4.74 Å². The topological polar surface area (TPSA) is 38.9 Å². The van der Waals surface area contributed by atoms with Gasteiger partial charge in [-0.05, 0) is 74.5 Å². The first-order valence-corrected chi connectivity index (χ1v) is 23.0. The summed E-state index contributed by atoms with van der Waals surface area (Å²) in [6, 6.07) is 69.9. The molecule has 2 unspecified atom stereocenters. The van der Waals surface area contributed by atoms with Gasteiger partial charge in [0.15, 0.2) is 5.84 Å². The molecule has 2 aliphatic rings. The van der Waals surface area contributed by atoms with E-state index >= 15 is 0 Å². The zero-order valence-electron chi connectivity index (χ0n) is 34.2. The van der Waals surface area contributed by atoms with Gasteiger partial charge in [-0.3, -0.25) is 0 Å². The lowest BCUT2D eigenvalue weighted by molar-refractivity contribution is 0.415. The van der Waals surface area contributed by atoms with Gasteiger partial charge in [-0.2, -0.15) is 0 Å². The van der Waals surface area contributed by atoms with Crippen LogP contribution in [0.5, 0.6) is 5.75 Å². The van der Waals surface area contributed by atoms with Crippen molar-refractivity contribution in [3.8, 4) is 39.1 Å². The number of hydrogen-bond donors (Lipinski definition) is 0. The Morgan fingerprint density at radius 1 is 0.540 bits per heavy atom. The summed E-state index contributed by atoms with van der Waals surface area (Å²) in [5.41, 5.74) is 11.2. The van der Waals surface area contributed by atoms with Gasteiger partial charge >= 0.3 is 0 Å². The molecule has 4 nitrogen and oxygen atoms in total. The number of thioether (sulfide) groups is 1. The standard InChI is InChI=1S/C57H37N3OS2/c1-61-53-43(31-30-38(35-19-7-3-8-20-35)48(53)36-21-9-4-10-22-36)55-58-56(51-42-26-14-16-28-47(42)63-57(51)59-55)60-45-32-29-37(34-17-5-2-6-18-34)33-44(45)49-39-23-11-12-24-40(39)50-41-25-13-15-27-46(41)62-54(50)52(49)60/h2-33,51,56H,1H3. The largest absolute Gasteiger partial charge is 0.495 e. The van der Waals surface area contributed by atoms with Crippen LogP contribution in [0.25, 0.3) is 86.1 Å². The molecule has 0 aliphatic carbocycles. The smallest absolute Gasteiger partial charge is 0.161 e. The Morgan fingerprint density at radius 3 is 1.94 bits per heavy atom. The molecular formula is C57H37N3OS2. The maximum absolute atomic E-state index is 6.52. The van der Waals surface area contributed by atoms with E-state index in [-0.39, 0.29) is 12.1 Å². The molecule has 2 atom stereocenters. The van der Waals surface area contributed by atoms with E-state index in [1.54, 1.807) is 18.9 Å². The van der Waals surface area contributed by atoms with Crippen LogP contribution in [-0.4, -0.2) is 22.6 Å². The molecule has 0 fully saturated rings. The average Bonchev–Trinajstić information content (AvgIpc) is 4.04. The van der Waals surface area contributed by atoms with Gasteiger partial charge in [0.05, 0.1) is 39.4 Å². The fourth-order valence-electron chi connectivity index (χ4n) is 10.2.